The topological polar surface area (TPSA) is 63.2 Å². The van der Waals surface area contributed by atoms with Crippen LogP contribution in [-0.4, -0.2) is 36.7 Å². The summed E-state index contributed by atoms with van der Waals surface area (Å²) in [5.41, 5.74) is -0.440. The summed E-state index contributed by atoms with van der Waals surface area (Å²) < 4.78 is 5.27. The van der Waals surface area contributed by atoms with E-state index in [0.29, 0.717) is 13.2 Å². The van der Waals surface area contributed by atoms with E-state index in [4.69, 9.17) is 4.74 Å². The molecule has 1 aliphatic heterocycles. The van der Waals surface area contributed by atoms with Gasteiger partial charge in [0.25, 0.3) is 0 Å². The third-order valence-electron chi connectivity index (χ3n) is 2.64. The molecule has 1 amide bonds. The van der Waals surface area contributed by atoms with Crippen LogP contribution >= 0.6 is 11.3 Å². The molecule has 5 nitrogen and oxygen atoms in total. The van der Waals surface area contributed by atoms with Gasteiger partial charge in [0.1, 0.15) is 11.0 Å². The van der Waals surface area contributed by atoms with Crippen molar-refractivity contribution in [3.05, 3.63) is 16.6 Å². The second kappa shape index (κ2) is 5.12. The number of nitrogens with one attached hydrogen (secondary N) is 2. The van der Waals surface area contributed by atoms with E-state index in [0.717, 1.165) is 11.6 Å². The minimum atomic E-state index is -0.440. The Morgan fingerprint density at radius 1 is 1.71 bits per heavy atom. The molecule has 0 aromatic carbocycles. The largest absolute Gasteiger partial charge is 0.378 e. The maximum atomic E-state index is 12.0. The smallest absolute Gasteiger partial charge is 0.240 e. The lowest BCUT2D eigenvalue weighted by Crippen LogP contribution is -2.55. The second-order valence-corrected chi connectivity index (χ2v) is 5.43. The van der Waals surface area contributed by atoms with Crippen molar-refractivity contribution in [1.82, 2.24) is 15.6 Å². The molecular formula is C11H17N3O2S. The minimum Gasteiger partial charge on any atom is -0.378 e. The number of hydrogen-bond acceptors (Lipinski definition) is 5. The van der Waals surface area contributed by atoms with Crippen molar-refractivity contribution in [3.63, 3.8) is 0 Å². The van der Waals surface area contributed by atoms with E-state index in [1.54, 1.807) is 17.5 Å². The van der Waals surface area contributed by atoms with Crippen LogP contribution in [0.1, 0.15) is 18.9 Å². The molecule has 2 heterocycles. The first kappa shape index (κ1) is 12.5. The molecule has 1 aromatic rings. The lowest BCUT2D eigenvalue weighted by molar-refractivity contribution is -0.127. The molecule has 0 radical (unpaired) electrons. The van der Waals surface area contributed by atoms with Crippen molar-refractivity contribution in [2.24, 2.45) is 0 Å². The first-order valence-corrected chi connectivity index (χ1v) is 6.51. The average molecular weight is 255 g/mol. The third kappa shape index (κ3) is 3.02. The summed E-state index contributed by atoms with van der Waals surface area (Å²) in [4.78, 5) is 16.3. The van der Waals surface area contributed by atoms with Crippen LogP contribution in [0.3, 0.4) is 0 Å². The van der Waals surface area contributed by atoms with Crippen molar-refractivity contribution in [3.8, 4) is 0 Å². The van der Waals surface area contributed by atoms with Crippen LogP contribution in [0.4, 0.5) is 0 Å². The SMILES string of the molecule is CC(C)(NC(=O)C1COCCN1)c1nccs1. The van der Waals surface area contributed by atoms with Crippen molar-refractivity contribution in [2.75, 3.05) is 19.8 Å². The fraction of sp³-hybridized carbons (Fsp3) is 0.636. The molecule has 94 valence electrons. The molecule has 1 aromatic heterocycles. The van der Waals surface area contributed by atoms with Gasteiger partial charge in [0, 0.05) is 18.1 Å². The Bertz CT molecular complexity index is 372. The summed E-state index contributed by atoms with van der Waals surface area (Å²) in [5.74, 6) is -0.0371. The monoisotopic (exact) mass is 255 g/mol. The summed E-state index contributed by atoms with van der Waals surface area (Å²) in [7, 11) is 0. The van der Waals surface area contributed by atoms with Gasteiger partial charge < -0.3 is 15.4 Å². The lowest BCUT2D eigenvalue weighted by atomic mass is 10.1. The fourth-order valence-electron chi connectivity index (χ4n) is 1.71. The summed E-state index contributed by atoms with van der Waals surface area (Å²) in [6.07, 6.45) is 1.75. The Hall–Kier alpha value is -0.980. The molecule has 0 aliphatic carbocycles. The molecule has 0 saturated carbocycles. The summed E-state index contributed by atoms with van der Waals surface area (Å²) >= 11 is 1.54. The molecule has 1 unspecified atom stereocenters. The molecule has 1 fully saturated rings. The standard InChI is InChI=1S/C11H17N3O2S/c1-11(2,10-13-4-6-17-10)14-9(15)8-7-16-5-3-12-8/h4,6,8,12H,3,5,7H2,1-2H3,(H,14,15). The van der Waals surface area contributed by atoms with Gasteiger partial charge >= 0.3 is 0 Å². The quantitative estimate of drug-likeness (QED) is 0.825. The number of carbonyl (C=O) groups excluding carboxylic acids is 1. The van der Waals surface area contributed by atoms with E-state index in [2.05, 4.69) is 15.6 Å². The highest BCUT2D eigenvalue weighted by molar-refractivity contribution is 7.09. The van der Waals surface area contributed by atoms with Gasteiger partial charge in [-0.1, -0.05) is 0 Å². The van der Waals surface area contributed by atoms with E-state index >= 15 is 0 Å². The fourth-order valence-corrected chi connectivity index (χ4v) is 2.43. The van der Waals surface area contributed by atoms with Crippen LogP contribution < -0.4 is 10.6 Å². The summed E-state index contributed by atoms with van der Waals surface area (Å²) in [5, 5.41) is 8.94. The number of nitrogens with zero attached hydrogens (tertiary/aromatic N) is 1. The molecule has 0 spiro atoms. The predicted octanol–water partition coefficient (Wildman–Crippen LogP) is 0.483. The van der Waals surface area contributed by atoms with Gasteiger partial charge in [0.15, 0.2) is 0 Å². The first-order valence-electron chi connectivity index (χ1n) is 5.63. The second-order valence-electron chi connectivity index (χ2n) is 4.53. The van der Waals surface area contributed by atoms with E-state index in [1.807, 2.05) is 19.2 Å². The number of carbonyl (C=O) groups is 1. The minimum absolute atomic E-state index is 0.0371. The number of hydrogen-bond donors (Lipinski definition) is 2. The normalized spacial score (nSPS) is 21.2. The van der Waals surface area contributed by atoms with Crippen LogP contribution in [0.15, 0.2) is 11.6 Å². The number of thiazole rings is 1. The van der Waals surface area contributed by atoms with Gasteiger partial charge in [-0.25, -0.2) is 4.98 Å². The van der Waals surface area contributed by atoms with E-state index in [-0.39, 0.29) is 11.9 Å². The number of ether oxygens (including phenoxy) is 1. The maximum absolute atomic E-state index is 12.0. The molecule has 6 heteroatoms. The molecule has 17 heavy (non-hydrogen) atoms. The lowest BCUT2D eigenvalue weighted by Gasteiger charge is -2.29. The maximum Gasteiger partial charge on any atom is 0.240 e. The summed E-state index contributed by atoms with van der Waals surface area (Å²) in [6.45, 7) is 5.72. The number of amides is 1. The van der Waals surface area contributed by atoms with Crippen LogP contribution in [0, 0.1) is 0 Å². The van der Waals surface area contributed by atoms with Crippen molar-refractivity contribution < 1.29 is 9.53 Å². The van der Waals surface area contributed by atoms with Crippen LogP contribution in [0.25, 0.3) is 0 Å². The third-order valence-corrected chi connectivity index (χ3v) is 3.74. The number of morpholine rings is 1. The molecular weight excluding hydrogens is 238 g/mol. The number of aromatic nitrogens is 1. The summed E-state index contributed by atoms with van der Waals surface area (Å²) in [6, 6.07) is -0.261. The molecule has 1 aliphatic rings. The van der Waals surface area contributed by atoms with Gasteiger partial charge in [-0.2, -0.15) is 0 Å². The Morgan fingerprint density at radius 2 is 2.53 bits per heavy atom. The molecule has 2 N–H and O–H groups in total. The predicted molar refractivity (Wildman–Crippen MR) is 65.9 cm³/mol. The zero-order chi connectivity index (χ0) is 12.3. The molecule has 0 bridgehead atoms. The molecule has 1 atom stereocenters. The van der Waals surface area contributed by atoms with Crippen LogP contribution in [-0.2, 0) is 15.1 Å². The zero-order valence-corrected chi connectivity index (χ0v) is 10.8. The van der Waals surface area contributed by atoms with Crippen LogP contribution in [0.5, 0.6) is 0 Å². The van der Waals surface area contributed by atoms with Crippen LogP contribution in [0.2, 0.25) is 0 Å². The average Bonchev–Trinajstić information content (AvgIpc) is 2.84. The molecule has 2 rings (SSSR count). The highest BCUT2D eigenvalue weighted by Crippen LogP contribution is 2.22. The zero-order valence-electron chi connectivity index (χ0n) is 10.0. The highest BCUT2D eigenvalue weighted by Gasteiger charge is 2.29. The van der Waals surface area contributed by atoms with Crippen molar-refractivity contribution >= 4 is 17.2 Å². The van der Waals surface area contributed by atoms with E-state index in [9.17, 15) is 4.79 Å². The van der Waals surface area contributed by atoms with Gasteiger partial charge in [-0.3, -0.25) is 4.79 Å². The highest BCUT2D eigenvalue weighted by atomic mass is 32.1. The van der Waals surface area contributed by atoms with Gasteiger partial charge in [-0.15, -0.1) is 11.3 Å². The van der Waals surface area contributed by atoms with E-state index < -0.39 is 5.54 Å². The Kier molecular flexibility index (Phi) is 3.76. The number of rotatable bonds is 3. The van der Waals surface area contributed by atoms with Gasteiger partial charge in [0.2, 0.25) is 5.91 Å². The Morgan fingerprint density at radius 3 is 3.12 bits per heavy atom. The van der Waals surface area contributed by atoms with Gasteiger partial charge in [0.05, 0.1) is 18.8 Å². The Balaban J connectivity index is 1.97. The Labute approximate surface area is 105 Å². The van der Waals surface area contributed by atoms with E-state index in [1.165, 1.54) is 0 Å². The van der Waals surface area contributed by atoms with Crippen molar-refractivity contribution in [2.45, 2.75) is 25.4 Å². The first-order chi connectivity index (χ1) is 8.09. The van der Waals surface area contributed by atoms with Gasteiger partial charge in [-0.05, 0) is 13.8 Å². The van der Waals surface area contributed by atoms with Crippen molar-refractivity contribution in [1.29, 1.82) is 0 Å². The molecule has 1 saturated heterocycles.